The highest BCUT2D eigenvalue weighted by atomic mass is 35.5. The van der Waals surface area contributed by atoms with E-state index in [1.165, 1.54) is 11.5 Å². The lowest BCUT2D eigenvalue weighted by Crippen LogP contribution is -2.39. The van der Waals surface area contributed by atoms with Crippen LogP contribution in [0.25, 0.3) is 0 Å². The molecule has 1 aromatic rings. The van der Waals surface area contributed by atoms with Gasteiger partial charge in [0.2, 0.25) is 0 Å². The first-order valence-electron chi connectivity index (χ1n) is 6.06. The molecule has 18 heavy (non-hydrogen) atoms. The van der Waals surface area contributed by atoms with Crippen molar-refractivity contribution >= 4 is 29.1 Å². The van der Waals surface area contributed by atoms with Crippen molar-refractivity contribution in [2.75, 3.05) is 19.7 Å². The molecule has 1 unspecified atom stereocenters. The van der Waals surface area contributed by atoms with Crippen LogP contribution in [-0.2, 0) is 16.1 Å². The first-order chi connectivity index (χ1) is 8.70. The predicted molar refractivity (Wildman–Crippen MR) is 69.6 cm³/mol. The van der Waals surface area contributed by atoms with E-state index in [0.717, 1.165) is 25.1 Å². The smallest absolute Gasteiger partial charge is 0.310 e. The monoisotopic (exact) mass is 289 g/mol. The van der Waals surface area contributed by atoms with Crippen LogP contribution < -0.4 is 0 Å². The maximum atomic E-state index is 11.7. The Balaban J connectivity index is 1.91. The molecule has 0 amide bonds. The number of halogens is 1. The normalized spacial score (nSPS) is 20.9. The van der Waals surface area contributed by atoms with Crippen molar-refractivity contribution in [3.63, 3.8) is 0 Å². The van der Waals surface area contributed by atoms with Crippen molar-refractivity contribution in [1.82, 2.24) is 14.5 Å². The molecule has 0 aromatic carbocycles. The predicted octanol–water partition coefficient (Wildman–Crippen LogP) is 1.97. The van der Waals surface area contributed by atoms with Gasteiger partial charge >= 0.3 is 5.97 Å². The van der Waals surface area contributed by atoms with Crippen LogP contribution in [0.1, 0.15) is 25.5 Å². The number of hydrogen-bond acceptors (Lipinski definition) is 6. The Labute approximate surface area is 115 Å². The summed E-state index contributed by atoms with van der Waals surface area (Å²) in [5.41, 5.74) is 0.797. The minimum atomic E-state index is -0.0929. The summed E-state index contributed by atoms with van der Waals surface area (Å²) >= 11 is 7.18. The fraction of sp³-hybridized carbons (Fsp3) is 0.727. The molecule has 0 aliphatic carbocycles. The van der Waals surface area contributed by atoms with Crippen LogP contribution in [0.3, 0.4) is 0 Å². The number of piperidine rings is 1. The van der Waals surface area contributed by atoms with Crippen molar-refractivity contribution in [3.05, 3.63) is 10.0 Å². The van der Waals surface area contributed by atoms with Gasteiger partial charge in [-0.15, -0.1) is 5.10 Å². The van der Waals surface area contributed by atoms with Gasteiger partial charge in [0.25, 0.3) is 0 Å². The molecule has 1 aliphatic rings. The Hall–Kier alpha value is -0.720. The lowest BCUT2D eigenvalue weighted by molar-refractivity contribution is -0.150. The van der Waals surface area contributed by atoms with Gasteiger partial charge in [0.1, 0.15) is 10.0 Å². The summed E-state index contributed by atoms with van der Waals surface area (Å²) in [6, 6.07) is 0. The second-order valence-corrected chi connectivity index (χ2v) is 5.68. The largest absolute Gasteiger partial charge is 0.466 e. The molecule has 0 radical (unpaired) electrons. The molecule has 100 valence electrons. The number of carbonyl (C=O) groups is 1. The lowest BCUT2D eigenvalue weighted by Gasteiger charge is -2.30. The van der Waals surface area contributed by atoms with Gasteiger partial charge in [0.05, 0.1) is 12.5 Å². The molecule has 5 nitrogen and oxygen atoms in total. The number of hydrogen-bond donors (Lipinski definition) is 0. The zero-order valence-electron chi connectivity index (χ0n) is 10.3. The number of aromatic nitrogens is 2. The third-order valence-electron chi connectivity index (χ3n) is 3.01. The van der Waals surface area contributed by atoms with Crippen LogP contribution in [0.5, 0.6) is 0 Å². The fourth-order valence-electron chi connectivity index (χ4n) is 2.15. The molecule has 1 aliphatic heterocycles. The van der Waals surface area contributed by atoms with Crippen molar-refractivity contribution < 1.29 is 9.53 Å². The summed E-state index contributed by atoms with van der Waals surface area (Å²) in [6.07, 6.45) is 1.90. The molecule has 0 spiro atoms. The van der Waals surface area contributed by atoms with E-state index in [9.17, 15) is 4.79 Å². The third kappa shape index (κ3) is 3.40. The quantitative estimate of drug-likeness (QED) is 0.793. The lowest BCUT2D eigenvalue weighted by atomic mass is 9.98. The maximum absolute atomic E-state index is 11.7. The van der Waals surface area contributed by atoms with E-state index < -0.39 is 0 Å². The first-order valence-corrected chi connectivity index (χ1v) is 7.21. The van der Waals surface area contributed by atoms with Gasteiger partial charge in [-0.2, -0.15) is 0 Å². The number of rotatable bonds is 4. The van der Waals surface area contributed by atoms with Crippen molar-refractivity contribution in [3.8, 4) is 0 Å². The minimum Gasteiger partial charge on any atom is -0.466 e. The Kier molecular flexibility index (Phi) is 4.91. The van der Waals surface area contributed by atoms with Crippen molar-refractivity contribution in [2.45, 2.75) is 26.3 Å². The maximum Gasteiger partial charge on any atom is 0.310 e. The summed E-state index contributed by atoms with van der Waals surface area (Å²) in [5.74, 6) is -0.117. The Morgan fingerprint density at radius 2 is 2.50 bits per heavy atom. The molecule has 7 heteroatoms. The van der Waals surface area contributed by atoms with Gasteiger partial charge in [-0.05, 0) is 26.3 Å². The van der Waals surface area contributed by atoms with Gasteiger partial charge in [-0.3, -0.25) is 9.69 Å². The highest BCUT2D eigenvalue weighted by Gasteiger charge is 2.27. The fourth-order valence-corrected chi connectivity index (χ4v) is 2.77. The molecular weight excluding hydrogens is 274 g/mol. The number of nitrogens with zero attached hydrogens (tertiary/aromatic N) is 3. The van der Waals surface area contributed by atoms with Crippen LogP contribution >= 0.6 is 23.1 Å². The summed E-state index contributed by atoms with van der Waals surface area (Å²) in [7, 11) is 0. The second kappa shape index (κ2) is 6.45. The SMILES string of the molecule is CCOC(=O)C1CCCN(Cc2nnsc2Cl)C1. The van der Waals surface area contributed by atoms with E-state index in [-0.39, 0.29) is 11.9 Å². The molecule has 0 N–H and O–H groups in total. The zero-order chi connectivity index (χ0) is 13.0. The average molecular weight is 290 g/mol. The van der Waals surface area contributed by atoms with Crippen molar-refractivity contribution in [1.29, 1.82) is 0 Å². The average Bonchev–Trinajstić information content (AvgIpc) is 2.76. The second-order valence-electron chi connectivity index (χ2n) is 4.32. The molecule has 2 rings (SSSR count). The number of carbonyl (C=O) groups excluding carboxylic acids is 1. The topological polar surface area (TPSA) is 55.3 Å². The summed E-state index contributed by atoms with van der Waals surface area (Å²) in [6.45, 7) is 4.61. The van der Waals surface area contributed by atoms with Crippen LogP contribution in [0.4, 0.5) is 0 Å². The third-order valence-corrected chi connectivity index (χ3v) is 3.99. The van der Waals surface area contributed by atoms with E-state index >= 15 is 0 Å². The zero-order valence-corrected chi connectivity index (χ0v) is 11.8. The van der Waals surface area contributed by atoms with E-state index in [4.69, 9.17) is 16.3 Å². The molecule has 1 aromatic heterocycles. The van der Waals surface area contributed by atoms with Gasteiger partial charge in [-0.1, -0.05) is 16.1 Å². The van der Waals surface area contributed by atoms with Gasteiger partial charge in [-0.25, -0.2) is 0 Å². The van der Waals surface area contributed by atoms with Crippen molar-refractivity contribution in [2.24, 2.45) is 5.92 Å². The molecule has 0 saturated carbocycles. The Bertz CT molecular complexity index is 413. The van der Waals surface area contributed by atoms with Gasteiger partial charge < -0.3 is 4.74 Å². The Morgan fingerprint density at radius 1 is 1.67 bits per heavy atom. The summed E-state index contributed by atoms with van der Waals surface area (Å²) < 4.78 is 9.52. The van der Waals surface area contributed by atoms with Crippen LogP contribution in [0.2, 0.25) is 4.34 Å². The molecule has 1 saturated heterocycles. The van der Waals surface area contributed by atoms with E-state index in [1.807, 2.05) is 6.92 Å². The highest BCUT2D eigenvalue weighted by Crippen LogP contribution is 2.23. The number of esters is 1. The minimum absolute atomic E-state index is 0.0240. The molecule has 2 heterocycles. The van der Waals surface area contributed by atoms with Crippen LogP contribution in [-0.4, -0.2) is 40.2 Å². The highest BCUT2D eigenvalue weighted by molar-refractivity contribution is 7.10. The number of ether oxygens (including phenoxy) is 1. The van der Waals surface area contributed by atoms with Gasteiger partial charge in [0, 0.05) is 24.6 Å². The summed E-state index contributed by atoms with van der Waals surface area (Å²) in [4.78, 5) is 13.9. The number of likely N-dealkylation sites (tertiary alicyclic amines) is 1. The molecular formula is C11H16ClN3O2S. The van der Waals surface area contributed by atoms with E-state index in [2.05, 4.69) is 14.5 Å². The molecule has 1 atom stereocenters. The van der Waals surface area contributed by atoms with E-state index in [1.54, 1.807) is 0 Å². The van der Waals surface area contributed by atoms with Crippen LogP contribution in [0, 0.1) is 5.92 Å². The molecule has 0 bridgehead atoms. The van der Waals surface area contributed by atoms with Crippen LogP contribution in [0.15, 0.2) is 0 Å². The van der Waals surface area contributed by atoms with E-state index in [0.29, 0.717) is 24.0 Å². The molecule has 1 fully saturated rings. The standard InChI is InChI=1S/C11H16ClN3O2S/c1-2-17-11(16)8-4-3-5-15(6-8)7-9-10(12)18-14-13-9/h8H,2-7H2,1H3. The first kappa shape index (κ1) is 13.7. The Morgan fingerprint density at radius 3 is 3.17 bits per heavy atom. The van der Waals surface area contributed by atoms with Gasteiger partial charge in [0.15, 0.2) is 0 Å². The summed E-state index contributed by atoms with van der Waals surface area (Å²) in [5, 5.41) is 3.99.